The van der Waals surface area contributed by atoms with Gasteiger partial charge in [0.15, 0.2) is 6.61 Å². The third-order valence-corrected chi connectivity index (χ3v) is 7.86. The fourth-order valence-corrected chi connectivity index (χ4v) is 5.59. The molecule has 3 aliphatic rings. The second kappa shape index (κ2) is 11.5. The first-order valence-corrected chi connectivity index (χ1v) is 13.4. The smallest absolute Gasteiger partial charge is 0.391 e. The van der Waals surface area contributed by atoms with Crippen LogP contribution in [-0.4, -0.2) is 52.5 Å². The van der Waals surface area contributed by atoms with Gasteiger partial charge in [0.1, 0.15) is 23.4 Å². The van der Waals surface area contributed by atoms with Gasteiger partial charge >= 0.3 is 14.6 Å². The number of halogens is 2. The average molecular weight is 555 g/mol. The van der Waals surface area contributed by atoms with Crippen molar-refractivity contribution in [3.8, 4) is 11.5 Å². The first-order chi connectivity index (χ1) is 17.6. The second-order valence-corrected chi connectivity index (χ2v) is 10.5. The minimum Gasteiger partial charge on any atom is -0.484 e. The van der Waals surface area contributed by atoms with Gasteiger partial charge in [-0.3, -0.25) is 9.59 Å². The highest BCUT2D eigenvalue weighted by Gasteiger charge is 2.56. The molecule has 0 spiro atoms. The van der Waals surface area contributed by atoms with E-state index >= 15 is 0 Å². The van der Waals surface area contributed by atoms with Gasteiger partial charge in [-0.05, 0) is 62.6 Å². The summed E-state index contributed by atoms with van der Waals surface area (Å²) in [6.45, 7) is -0.328. The lowest BCUT2D eigenvalue weighted by molar-refractivity contribution is -0.165. The lowest BCUT2D eigenvalue weighted by atomic mass is 9.60. The van der Waals surface area contributed by atoms with Gasteiger partial charge in [0.05, 0.1) is 17.0 Å². The molecular weight excluding hydrogens is 526 g/mol. The largest absolute Gasteiger partial charge is 0.484 e. The summed E-state index contributed by atoms with van der Waals surface area (Å²) in [5.74, 6) is -1.10. The molecule has 37 heavy (non-hydrogen) atoms. The van der Waals surface area contributed by atoms with Crippen LogP contribution in [0.4, 0.5) is 4.39 Å². The van der Waals surface area contributed by atoms with E-state index in [-0.39, 0.29) is 35.1 Å². The van der Waals surface area contributed by atoms with Crippen LogP contribution in [0.5, 0.6) is 11.5 Å². The van der Waals surface area contributed by atoms with E-state index in [2.05, 4.69) is 10.6 Å². The Labute approximate surface area is 220 Å². The van der Waals surface area contributed by atoms with Crippen LogP contribution in [0.15, 0.2) is 42.5 Å². The van der Waals surface area contributed by atoms with Crippen molar-refractivity contribution in [3.63, 3.8) is 0 Å². The van der Waals surface area contributed by atoms with E-state index in [0.29, 0.717) is 24.8 Å². The molecule has 0 heterocycles. The third kappa shape index (κ3) is 6.69. The summed E-state index contributed by atoms with van der Waals surface area (Å²) in [6.07, 6.45) is 2.79. The molecule has 2 aromatic rings. The van der Waals surface area contributed by atoms with Gasteiger partial charge in [-0.2, -0.15) is 0 Å². The summed E-state index contributed by atoms with van der Waals surface area (Å²) in [5.41, 5.74) is -0.332. The van der Waals surface area contributed by atoms with Gasteiger partial charge in [-0.25, -0.2) is 4.39 Å². The lowest BCUT2D eigenvalue weighted by Gasteiger charge is -2.57. The van der Waals surface area contributed by atoms with Crippen LogP contribution in [0.25, 0.3) is 0 Å². The molecule has 200 valence electrons. The molecule has 12 heteroatoms. The van der Waals surface area contributed by atoms with Crippen molar-refractivity contribution in [3.05, 3.63) is 58.9 Å². The Balaban J connectivity index is 1.42. The van der Waals surface area contributed by atoms with Gasteiger partial charge in [-0.1, -0.05) is 23.7 Å². The van der Waals surface area contributed by atoms with E-state index in [9.17, 15) is 14.0 Å². The molecule has 1 amide bonds. The number of benzene rings is 2. The van der Waals surface area contributed by atoms with Crippen molar-refractivity contribution in [1.29, 1.82) is 0 Å². The summed E-state index contributed by atoms with van der Waals surface area (Å²) >= 11 is 5.69. The van der Waals surface area contributed by atoms with E-state index in [0.717, 1.165) is 18.9 Å². The Morgan fingerprint density at radius 2 is 1.89 bits per heavy atom. The Morgan fingerprint density at radius 1 is 1.14 bits per heavy atom. The van der Waals surface area contributed by atoms with Crippen molar-refractivity contribution in [2.75, 3.05) is 13.7 Å². The van der Waals surface area contributed by atoms with Crippen molar-refractivity contribution in [2.24, 2.45) is 0 Å². The number of hydrogen-bond donors (Lipinski definition) is 4. The van der Waals surface area contributed by atoms with Gasteiger partial charge in [0.2, 0.25) is 0 Å². The first kappa shape index (κ1) is 27.5. The van der Waals surface area contributed by atoms with Crippen molar-refractivity contribution in [2.45, 2.75) is 55.7 Å². The van der Waals surface area contributed by atoms with E-state index < -0.39 is 37.9 Å². The number of fused-ring (bicyclic) bond motifs is 3. The van der Waals surface area contributed by atoms with Gasteiger partial charge in [0.25, 0.3) is 5.91 Å². The zero-order valence-electron chi connectivity index (χ0n) is 20.2. The number of carbonyl (C=O) groups excluding carboxylic acids is 2. The number of carbonyl (C=O) groups is 2. The van der Waals surface area contributed by atoms with Crippen LogP contribution in [0, 0.1) is 5.82 Å². The highest BCUT2D eigenvalue weighted by Crippen LogP contribution is 2.48. The molecule has 3 saturated carbocycles. The molecule has 0 aliphatic heterocycles. The number of amides is 1. The van der Waals surface area contributed by atoms with Crippen molar-refractivity contribution >= 4 is 32.1 Å². The number of esters is 1. The van der Waals surface area contributed by atoms with Crippen LogP contribution in [0.3, 0.4) is 0 Å². The predicted octanol–water partition coefficient (Wildman–Crippen LogP) is 3.39. The summed E-state index contributed by atoms with van der Waals surface area (Å²) in [7, 11) is -0.683. The zero-order valence-corrected chi connectivity index (χ0v) is 21.9. The molecule has 0 aromatic heterocycles. The topological polar surface area (TPSA) is 126 Å². The third-order valence-electron chi connectivity index (χ3n) is 7.18. The highest BCUT2D eigenvalue weighted by molar-refractivity contribution is 7.39. The van der Waals surface area contributed by atoms with Crippen LogP contribution < -0.4 is 19.9 Å². The maximum Gasteiger partial charge on any atom is 0.391 e. The molecule has 3 aliphatic carbocycles. The monoisotopic (exact) mass is 554 g/mol. The lowest BCUT2D eigenvalue weighted by Crippen LogP contribution is -2.70. The fourth-order valence-electron chi connectivity index (χ4n) is 5.17. The van der Waals surface area contributed by atoms with E-state index in [1.807, 2.05) is 7.05 Å². The molecule has 9 nitrogen and oxygen atoms in total. The normalized spacial score (nSPS) is 24.5. The standard InChI is InChI=1S/C25H29ClFN2O7P/c1-28-24-7-9-25(10-8-24,29-22(30)15-34-17-5-6-19(26)20(27)13-17)21(14-24)35-23(31)12-16-3-2-4-18(11-16)36-37(32)33/h2-6,11,13,21,28,32-33H,7-10,12,14-15H2,1H3,(H,29,30). The number of rotatable bonds is 10. The summed E-state index contributed by atoms with van der Waals surface area (Å²) in [5, 5.41) is 6.38. The van der Waals surface area contributed by atoms with Crippen LogP contribution in [-0.2, 0) is 20.7 Å². The zero-order chi connectivity index (χ0) is 26.6. The fraction of sp³-hybridized carbons (Fsp3) is 0.440. The van der Waals surface area contributed by atoms with E-state index in [1.165, 1.54) is 12.1 Å². The molecule has 0 saturated heterocycles. The maximum atomic E-state index is 13.7. The van der Waals surface area contributed by atoms with Crippen molar-refractivity contribution < 1.29 is 37.8 Å². The molecule has 0 radical (unpaired) electrons. The highest BCUT2D eigenvalue weighted by atomic mass is 35.5. The number of hydrogen-bond acceptors (Lipinski definition) is 8. The average Bonchev–Trinajstić information content (AvgIpc) is 2.85. The Morgan fingerprint density at radius 3 is 2.57 bits per heavy atom. The first-order valence-electron chi connectivity index (χ1n) is 11.8. The van der Waals surface area contributed by atoms with Crippen LogP contribution >= 0.6 is 20.2 Å². The van der Waals surface area contributed by atoms with E-state index in [4.69, 9.17) is 35.4 Å². The Kier molecular flexibility index (Phi) is 8.56. The quantitative estimate of drug-likeness (QED) is 0.260. The minimum absolute atomic E-state index is 0.0381. The maximum absolute atomic E-state index is 13.7. The van der Waals surface area contributed by atoms with Crippen molar-refractivity contribution in [1.82, 2.24) is 10.6 Å². The Hall–Kier alpha value is -2.49. The molecule has 3 fully saturated rings. The number of nitrogens with one attached hydrogen (secondary N) is 2. The minimum atomic E-state index is -2.57. The summed E-state index contributed by atoms with van der Waals surface area (Å²) < 4.78 is 30.0. The molecule has 4 N–H and O–H groups in total. The molecule has 2 bridgehead atoms. The second-order valence-electron chi connectivity index (χ2n) is 9.45. The van der Waals surface area contributed by atoms with Gasteiger partial charge < -0.3 is 34.4 Å². The molecular formula is C25H29ClFN2O7P. The van der Waals surface area contributed by atoms with Crippen LogP contribution in [0.1, 0.15) is 37.7 Å². The van der Waals surface area contributed by atoms with Crippen LogP contribution in [0.2, 0.25) is 5.02 Å². The summed E-state index contributed by atoms with van der Waals surface area (Å²) in [4.78, 5) is 43.9. The molecule has 2 aromatic carbocycles. The molecule has 1 unspecified atom stereocenters. The molecule has 5 rings (SSSR count). The van der Waals surface area contributed by atoms with Gasteiger partial charge in [-0.15, -0.1) is 0 Å². The SMILES string of the molecule is CNC12CCC(NC(=O)COc3ccc(Cl)c(F)c3)(CC1)C(OC(=O)Cc1cccc(OP(O)O)c1)C2. The predicted molar refractivity (Wildman–Crippen MR) is 135 cm³/mol. The van der Waals surface area contributed by atoms with Gasteiger partial charge in [0, 0.05) is 18.0 Å². The summed E-state index contributed by atoms with van der Waals surface area (Å²) in [6, 6.07) is 10.4. The number of ether oxygens (including phenoxy) is 2. The Bertz CT molecular complexity index is 1140. The van der Waals surface area contributed by atoms with E-state index in [1.54, 1.807) is 24.3 Å². The molecule has 1 atom stereocenters.